The van der Waals surface area contributed by atoms with E-state index in [1.54, 1.807) is 0 Å². The van der Waals surface area contributed by atoms with Gasteiger partial charge in [-0.2, -0.15) is 8.78 Å². The SMILES string of the molecule is CC(=O)NC(F)(F)C1NCCOC1F. The molecule has 1 fully saturated rings. The van der Waals surface area contributed by atoms with Crippen molar-refractivity contribution < 1.29 is 22.7 Å². The zero-order valence-corrected chi connectivity index (χ0v) is 7.52. The van der Waals surface area contributed by atoms with Crippen molar-refractivity contribution in [2.75, 3.05) is 13.2 Å². The first kappa shape index (κ1) is 11.3. The molecule has 0 radical (unpaired) electrons. The number of carbonyl (C=O) groups is 1. The first-order valence-corrected chi connectivity index (χ1v) is 4.09. The van der Waals surface area contributed by atoms with Crippen LogP contribution in [0.2, 0.25) is 0 Å². The second-order valence-corrected chi connectivity index (χ2v) is 2.96. The van der Waals surface area contributed by atoms with Crippen molar-refractivity contribution in [1.82, 2.24) is 10.6 Å². The highest BCUT2D eigenvalue weighted by atomic mass is 19.3. The van der Waals surface area contributed by atoms with Gasteiger partial charge in [0.15, 0.2) is 0 Å². The Bertz CT molecular complexity index is 225. The van der Waals surface area contributed by atoms with Gasteiger partial charge in [0.05, 0.1) is 6.61 Å². The van der Waals surface area contributed by atoms with Gasteiger partial charge in [-0.05, 0) is 0 Å². The molecule has 0 aromatic heterocycles. The van der Waals surface area contributed by atoms with Crippen LogP contribution in [0.4, 0.5) is 13.2 Å². The Kier molecular flexibility index (Phi) is 3.33. The van der Waals surface area contributed by atoms with Gasteiger partial charge in [-0.3, -0.25) is 10.1 Å². The van der Waals surface area contributed by atoms with Gasteiger partial charge < -0.3 is 10.1 Å². The molecule has 2 N–H and O–H groups in total. The Morgan fingerprint density at radius 1 is 1.64 bits per heavy atom. The van der Waals surface area contributed by atoms with Crippen molar-refractivity contribution in [2.45, 2.75) is 25.4 Å². The van der Waals surface area contributed by atoms with Crippen LogP contribution in [-0.4, -0.2) is 37.5 Å². The molecule has 14 heavy (non-hydrogen) atoms. The van der Waals surface area contributed by atoms with E-state index < -0.39 is 24.4 Å². The van der Waals surface area contributed by atoms with Crippen LogP contribution in [-0.2, 0) is 9.53 Å². The number of halogens is 3. The number of rotatable bonds is 2. The fourth-order valence-electron chi connectivity index (χ4n) is 1.18. The summed E-state index contributed by atoms with van der Waals surface area (Å²) in [4.78, 5) is 10.4. The highest BCUT2D eigenvalue weighted by Crippen LogP contribution is 2.22. The number of morpholine rings is 1. The zero-order chi connectivity index (χ0) is 10.8. The number of hydrogen-bond acceptors (Lipinski definition) is 3. The lowest BCUT2D eigenvalue weighted by Gasteiger charge is -2.33. The maximum Gasteiger partial charge on any atom is 0.345 e. The smallest absolute Gasteiger partial charge is 0.345 e. The van der Waals surface area contributed by atoms with E-state index in [4.69, 9.17) is 0 Å². The van der Waals surface area contributed by atoms with Crippen molar-refractivity contribution in [2.24, 2.45) is 0 Å². The summed E-state index contributed by atoms with van der Waals surface area (Å²) in [7, 11) is 0. The minimum absolute atomic E-state index is 0.0355. The Balaban J connectivity index is 2.63. The van der Waals surface area contributed by atoms with Crippen LogP contribution in [0.25, 0.3) is 0 Å². The molecule has 1 aliphatic rings. The van der Waals surface area contributed by atoms with Gasteiger partial charge in [0.25, 0.3) is 0 Å². The van der Waals surface area contributed by atoms with E-state index in [1.807, 2.05) is 0 Å². The van der Waals surface area contributed by atoms with Crippen LogP contribution in [0.5, 0.6) is 0 Å². The lowest BCUT2D eigenvalue weighted by Crippen LogP contribution is -2.62. The molecule has 0 aromatic rings. The number of ether oxygens (including phenoxy) is 1. The highest BCUT2D eigenvalue weighted by molar-refractivity contribution is 5.73. The molecule has 1 amide bonds. The summed E-state index contributed by atoms with van der Waals surface area (Å²) in [5.41, 5.74) is 0. The molecular weight excluding hydrogens is 201 g/mol. The fraction of sp³-hybridized carbons (Fsp3) is 0.857. The topological polar surface area (TPSA) is 50.4 Å². The average Bonchev–Trinajstić information content (AvgIpc) is 2.02. The van der Waals surface area contributed by atoms with E-state index in [0.717, 1.165) is 6.92 Å². The fourth-order valence-corrected chi connectivity index (χ4v) is 1.18. The molecule has 0 spiro atoms. The van der Waals surface area contributed by atoms with Gasteiger partial charge in [0.1, 0.15) is 6.04 Å². The second kappa shape index (κ2) is 4.14. The molecule has 0 aliphatic carbocycles. The van der Waals surface area contributed by atoms with Gasteiger partial charge in [0, 0.05) is 13.5 Å². The molecule has 0 aromatic carbocycles. The van der Waals surface area contributed by atoms with Crippen LogP contribution in [0, 0.1) is 0 Å². The third-order valence-electron chi connectivity index (χ3n) is 1.74. The van der Waals surface area contributed by atoms with Crippen LogP contribution in [0.3, 0.4) is 0 Å². The molecule has 82 valence electrons. The van der Waals surface area contributed by atoms with E-state index in [-0.39, 0.29) is 13.2 Å². The van der Waals surface area contributed by atoms with Gasteiger partial charge in [0.2, 0.25) is 12.3 Å². The Morgan fingerprint density at radius 3 is 2.79 bits per heavy atom. The lowest BCUT2D eigenvalue weighted by atomic mass is 10.2. The maximum atomic E-state index is 13.1. The number of amides is 1. The Morgan fingerprint density at radius 2 is 2.29 bits per heavy atom. The summed E-state index contributed by atoms with van der Waals surface area (Å²) in [5, 5.41) is 3.61. The predicted molar refractivity (Wildman–Crippen MR) is 41.4 cm³/mol. The van der Waals surface area contributed by atoms with Gasteiger partial charge in [-0.1, -0.05) is 0 Å². The minimum Gasteiger partial charge on any atom is -0.345 e. The number of hydrogen-bond donors (Lipinski definition) is 2. The molecule has 1 rings (SSSR count). The van der Waals surface area contributed by atoms with Crippen molar-refractivity contribution >= 4 is 5.91 Å². The summed E-state index contributed by atoms with van der Waals surface area (Å²) < 4.78 is 43.5. The van der Waals surface area contributed by atoms with E-state index in [2.05, 4.69) is 10.1 Å². The number of carbonyl (C=O) groups excluding carboxylic acids is 1. The predicted octanol–water partition coefficient (Wildman–Crippen LogP) is -0.000700. The van der Waals surface area contributed by atoms with Crippen LogP contribution in [0.15, 0.2) is 0 Å². The van der Waals surface area contributed by atoms with Gasteiger partial charge in [-0.15, -0.1) is 0 Å². The molecular formula is C7H11F3N2O2. The number of nitrogens with one attached hydrogen (secondary N) is 2. The first-order chi connectivity index (χ1) is 6.43. The Labute approximate surface area is 78.8 Å². The maximum absolute atomic E-state index is 13.1. The molecule has 4 nitrogen and oxygen atoms in total. The van der Waals surface area contributed by atoms with E-state index in [0.29, 0.717) is 0 Å². The standard InChI is InChI=1S/C7H11F3N2O2/c1-4(13)12-7(9,10)5-6(8)14-3-2-11-5/h5-6,11H,2-3H2,1H3,(H,12,13). The molecule has 1 heterocycles. The van der Waals surface area contributed by atoms with Crippen LogP contribution >= 0.6 is 0 Å². The molecule has 2 atom stereocenters. The Hall–Kier alpha value is -0.820. The zero-order valence-electron chi connectivity index (χ0n) is 7.52. The van der Waals surface area contributed by atoms with Crippen molar-refractivity contribution in [1.29, 1.82) is 0 Å². The monoisotopic (exact) mass is 212 g/mol. The van der Waals surface area contributed by atoms with Crippen molar-refractivity contribution in [3.8, 4) is 0 Å². The molecule has 0 saturated carbocycles. The minimum atomic E-state index is -3.65. The summed E-state index contributed by atoms with van der Waals surface area (Å²) in [6.45, 7) is 1.10. The van der Waals surface area contributed by atoms with Crippen LogP contribution in [0.1, 0.15) is 6.92 Å². The number of alkyl halides is 3. The van der Waals surface area contributed by atoms with Crippen molar-refractivity contribution in [3.05, 3.63) is 0 Å². The summed E-state index contributed by atoms with van der Waals surface area (Å²) in [5.74, 6) is -0.922. The van der Waals surface area contributed by atoms with Gasteiger partial charge in [-0.25, -0.2) is 4.39 Å². The second-order valence-electron chi connectivity index (χ2n) is 2.96. The van der Waals surface area contributed by atoms with Gasteiger partial charge >= 0.3 is 6.05 Å². The van der Waals surface area contributed by atoms with E-state index in [9.17, 15) is 18.0 Å². The average molecular weight is 212 g/mol. The lowest BCUT2D eigenvalue weighted by molar-refractivity contribution is -0.178. The molecule has 1 aliphatic heterocycles. The summed E-state index contributed by atoms with van der Waals surface area (Å²) in [6, 6.07) is -5.48. The van der Waals surface area contributed by atoms with Crippen LogP contribution < -0.4 is 10.6 Å². The highest BCUT2D eigenvalue weighted by Gasteiger charge is 2.47. The molecule has 1 saturated heterocycles. The third-order valence-corrected chi connectivity index (χ3v) is 1.74. The normalized spacial score (nSPS) is 28.6. The molecule has 0 bridgehead atoms. The van der Waals surface area contributed by atoms with Crippen molar-refractivity contribution in [3.63, 3.8) is 0 Å². The summed E-state index contributed by atoms with van der Waals surface area (Å²) >= 11 is 0. The largest absolute Gasteiger partial charge is 0.345 e. The van der Waals surface area contributed by atoms with E-state index >= 15 is 0 Å². The third kappa shape index (κ3) is 2.58. The first-order valence-electron chi connectivity index (χ1n) is 4.09. The quantitative estimate of drug-likeness (QED) is 0.633. The van der Waals surface area contributed by atoms with E-state index in [1.165, 1.54) is 5.32 Å². The summed E-state index contributed by atoms with van der Waals surface area (Å²) in [6.07, 6.45) is -2.12. The molecule has 7 heteroatoms. The molecule has 2 unspecified atom stereocenters.